The third-order valence-corrected chi connectivity index (χ3v) is 11.9. The number of imide groups is 1. The highest BCUT2D eigenvalue weighted by molar-refractivity contribution is 6.01. The van der Waals surface area contributed by atoms with Gasteiger partial charge in [-0.1, -0.05) is 26.3 Å². The van der Waals surface area contributed by atoms with Crippen LogP contribution in [-0.2, 0) is 52.8 Å². The molecule has 0 saturated carbocycles. The van der Waals surface area contributed by atoms with Crippen LogP contribution in [0.3, 0.4) is 0 Å². The second kappa shape index (κ2) is 26.1. The van der Waals surface area contributed by atoms with Gasteiger partial charge in [0.2, 0.25) is 23.6 Å². The van der Waals surface area contributed by atoms with Crippen molar-refractivity contribution in [1.82, 2.24) is 35.9 Å². The van der Waals surface area contributed by atoms with E-state index in [-0.39, 0.29) is 81.2 Å². The van der Waals surface area contributed by atoms with Gasteiger partial charge in [-0.3, -0.25) is 43.4 Å². The SMILES string of the molecule is C=C1CCC(=O)N1OC(=O)C[13CH3].CC1CCCC(C)N1CC(C)(C)C(=O)[15NH]CCC(=O)[15NH]CCC(=O)ON1C(=O)CCC1=O.CC1CCCC(C)N1[13CH2]C(C)(C)C(=O)NCCC(N)=O. The van der Waals surface area contributed by atoms with E-state index in [1.165, 1.54) is 25.7 Å². The molecule has 0 aliphatic carbocycles. The molecule has 4 saturated heterocycles. The van der Waals surface area contributed by atoms with Crippen LogP contribution >= 0.6 is 0 Å². The van der Waals surface area contributed by atoms with Gasteiger partial charge in [0.05, 0.1) is 22.9 Å². The van der Waals surface area contributed by atoms with E-state index in [1.807, 2.05) is 27.7 Å². The van der Waals surface area contributed by atoms with Gasteiger partial charge in [0.25, 0.3) is 17.7 Å². The Labute approximate surface area is 379 Å². The molecule has 4 heterocycles. The van der Waals surface area contributed by atoms with Crippen LogP contribution in [0.5, 0.6) is 0 Å². The summed E-state index contributed by atoms with van der Waals surface area (Å²) in [4.78, 5) is 118. The fourth-order valence-electron chi connectivity index (χ4n) is 7.81. The van der Waals surface area contributed by atoms with Gasteiger partial charge in [0.15, 0.2) is 0 Å². The molecule has 0 aromatic carbocycles. The molecule has 4 atom stereocenters. The third-order valence-electron chi connectivity index (χ3n) is 11.9. The van der Waals surface area contributed by atoms with E-state index >= 15 is 0 Å². The maximum Gasteiger partial charge on any atom is 0.334 e. The number of carbonyl (C=O) groups excluding carboxylic acids is 9. The van der Waals surface area contributed by atoms with Gasteiger partial charge in [0, 0.05) is 95.4 Å². The Kier molecular flexibility index (Phi) is 22.6. The summed E-state index contributed by atoms with van der Waals surface area (Å²) in [6.45, 7) is 23.8. The number of hydrogen-bond acceptors (Lipinski definition) is 13. The Morgan fingerprint density at radius 1 is 0.609 bits per heavy atom. The lowest BCUT2D eigenvalue weighted by molar-refractivity contribution is -0.197. The number of piperidine rings is 2. The van der Waals surface area contributed by atoms with Crippen molar-refractivity contribution in [2.24, 2.45) is 16.6 Å². The van der Waals surface area contributed by atoms with Gasteiger partial charge in [-0.2, -0.15) is 0 Å². The first kappa shape index (κ1) is 55.2. The molecule has 0 spiro atoms. The first-order valence-electron chi connectivity index (χ1n) is 22.8. The van der Waals surface area contributed by atoms with Crippen LogP contribution in [0, 0.1) is 10.8 Å². The summed E-state index contributed by atoms with van der Waals surface area (Å²) in [5.74, 6) is -3.28. The lowest BCUT2D eigenvalue weighted by Gasteiger charge is -2.42. The number of carbonyl (C=O) groups is 9. The largest absolute Gasteiger partial charge is 0.370 e. The third kappa shape index (κ3) is 18.3. The number of primary amides is 1. The number of nitrogens with one attached hydrogen (secondary N) is 3. The first-order valence-corrected chi connectivity index (χ1v) is 22.8. The van der Waals surface area contributed by atoms with Gasteiger partial charge >= 0.3 is 11.9 Å². The molecule has 7 amide bonds. The molecule has 0 aromatic heterocycles. The highest BCUT2D eigenvalue weighted by Crippen LogP contribution is 2.29. The molecule has 362 valence electrons. The Morgan fingerprint density at radius 2 is 1.00 bits per heavy atom. The summed E-state index contributed by atoms with van der Waals surface area (Å²) >= 11 is 0. The van der Waals surface area contributed by atoms with E-state index in [0.717, 1.165) is 24.4 Å². The topological polar surface area (TPSA) is 247 Å². The van der Waals surface area contributed by atoms with Gasteiger partial charge < -0.3 is 31.4 Å². The van der Waals surface area contributed by atoms with Crippen LogP contribution in [0.1, 0.15) is 152 Å². The van der Waals surface area contributed by atoms with Gasteiger partial charge in [-0.25, -0.2) is 9.59 Å². The molecule has 19 nitrogen and oxygen atoms in total. The molecule has 4 rings (SSSR count). The second-order valence-corrected chi connectivity index (χ2v) is 18.6. The van der Waals surface area contributed by atoms with Crippen LogP contribution in [0.4, 0.5) is 0 Å². The normalized spacial score (nSPS) is 21.8. The quantitative estimate of drug-likeness (QED) is 0.0879. The molecular formula is C45H76N8O11. The Bertz CT molecular complexity index is 1630. The van der Waals surface area contributed by atoms with Crippen LogP contribution in [-0.4, -0.2) is 130 Å². The molecule has 0 radical (unpaired) electrons. The Hall–Kier alpha value is -4.91. The maximum atomic E-state index is 12.7. The van der Waals surface area contributed by atoms with Crippen LogP contribution in [0.15, 0.2) is 12.3 Å². The van der Waals surface area contributed by atoms with Crippen molar-refractivity contribution in [2.45, 2.75) is 176 Å². The van der Waals surface area contributed by atoms with Crippen molar-refractivity contribution in [3.05, 3.63) is 12.3 Å². The van der Waals surface area contributed by atoms with Gasteiger partial charge in [-0.15, -0.1) is 10.1 Å². The summed E-state index contributed by atoms with van der Waals surface area (Å²) in [5, 5.41) is 9.67. The lowest BCUT2D eigenvalue weighted by Crippen LogP contribution is -2.52. The van der Waals surface area contributed by atoms with Crippen LogP contribution < -0.4 is 21.7 Å². The summed E-state index contributed by atoms with van der Waals surface area (Å²) in [6, 6.07) is 1.95. The zero-order chi connectivity index (χ0) is 48.4. The fourth-order valence-corrected chi connectivity index (χ4v) is 7.81. The molecule has 4 fully saturated rings. The van der Waals surface area contributed by atoms with E-state index in [4.69, 9.17) is 15.4 Å². The monoisotopic (exact) mass is 909 g/mol. The summed E-state index contributed by atoms with van der Waals surface area (Å²) in [6.07, 6.45) is 8.54. The second-order valence-electron chi connectivity index (χ2n) is 18.6. The van der Waals surface area contributed by atoms with E-state index < -0.39 is 34.6 Å². The highest BCUT2D eigenvalue weighted by Gasteiger charge is 2.37. The summed E-state index contributed by atoms with van der Waals surface area (Å²) in [5.41, 5.74) is 4.59. The molecule has 4 unspecified atom stereocenters. The number of rotatable bonds is 18. The van der Waals surface area contributed by atoms with Crippen molar-refractivity contribution >= 4 is 53.3 Å². The minimum Gasteiger partial charge on any atom is -0.370 e. The van der Waals surface area contributed by atoms with Crippen molar-refractivity contribution < 1.29 is 52.8 Å². The molecule has 64 heavy (non-hydrogen) atoms. The zero-order valence-corrected chi connectivity index (χ0v) is 39.8. The van der Waals surface area contributed by atoms with E-state index in [1.54, 1.807) is 6.92 Å². The van der Waals surface area contributed by atoms with Crippen LogP contribution in [0.25, 0.3) is 0 Å². The standard InChI is InChI=1S/C22H36N4O6.C15H29N3O2.C8H11NO3/c1-15-6-5-7-16(2)25(15)14-22(3,4)21(31)24-12-10-17(27)23-13-11-20(30)32-26-18(28)8-9-19(26)29;1-11-6-5-7-12(2)18(11)10-15(3,4)14(20)17-9-8-13(16)19;1-3-8(11)12-9-6(2)4-5-7(9)10/h15-16H,5-14H2,1-4H3,(H,23,27)(H,24,31);11-12H,5-10H2,1-4H3,(H2,16,19)(H,17,20);2-5H2,1H3/i23+1,24+1;10+1;1+1. The molecular weight excluding hydrogens is 833 g/mol. The Balaban J connectivity index is 0.000000372. The van der Waals surface area contributed by atoms with Gasteiger partial charge in [0.1, 0.15) is 0 Å². The number of amides is 7. The van der Waals surface area contributed by atoms with Crippen molar-refractivity contribution in [2.75, 3.05) is 32.7 Å². The van der Waals surface area contributed by atoms with Crippen molar-refractivity contribution in [3.63, 3.8) is 0 Å². The molecule has 0 bridgehead atoms. The Morgan fingerprint density at radius 3 is 1.41 bits per heavy atom. The molecule has 5 N–H and O–H groups in total. The average Bonchev–Trinajstić information content (AvgIpc) is 3.71. The number of hydroxylamine groups is 4. The molecule has 4 aliphatic heterocycles. The van der Waals surface area contributed by atoms with Crippen molar-refractivity contribution in [3.8, 4) is 0 Å². The summed E-state index contributed by atoms with van der Waals surface area (Å²) in [7, 11) is 0. The van der Waals surface area contributed by atoms with Crippen molar-refractivity contribution in [1.29, 1.82) is 0 Å². The minimum absolute atomic E-state index is 0.0104. The predicted molar refractivity (Wildman–Crippen MR) is 237 cm³/mol. The fraction of sp³-hybridized carbons (Fsp3) is 0.756. The average molecular weight is 909 g/mol. The van der Waals surface area contributed by atoms with E-state index in [0.29, 0.717) is 60.9 Å². The summed E-state index contributed by atoms with van der Waals surface area (Å²) < 4.78 is 0. The number of nitrogens with two attached hydrogens (primary N) is 1. The lowest BCUT2D eigenvalue weighted by atomic mass is 9.88. The van der Waals surface area contributed by atoms with E-state index in [9.17, 15) is 43.2 Å². The molecule has 0 aromatic rings. The maximum absolute atomic E-state index is 12.7. The number of nitrogens with zero attached hydrogens (tertiary/aromatic N) is 4. The van der Waals surface area contributed by atoms with Gasteiger partial charge in [-0.05, 0) is 87.5 Å². The molecule has 4 aliphatic rings. The number of likely N-dealkylation sites (tertiary alicyclic amines) is 2. The van der Waals surface area contributed by atoms with Crippen LogP contribution in [0.2, 0.25) is 0 Å². The zero-order valence-electron chi connectivity index (χ0n) is 39.8. The minimum atomic E-state index is -0.773. The molecule has 19 heteroatoms. The predicted octanol–water partition coefficient (Wildman–Crippen LogP) is 3.15. The smallest absolute Gasteiger partial charge is 0.334 e. The first-order chi connectivity index (χ1) is 29.9. The number of allylic oxidation sites excluding steroid dienone is 1. The highest BCUT2D eigenvalue weighted by atomic mass is 16.7. The number of hydrogen-bond donors (Lipinski definition) is 4. The van der Waals surface area contributed by atoms with E-state index in [2.05, 4.69) is 60.0 Å².